The first-order chi connectivity index (χ1) is 9.81. The van der Waals surface area contributed by atoms with Crippen LogP contribution in [0.3, 0.4) is 0 Å². The minimum atomic E-state index is 0.0153. The molecule has 0 spiro atoms. The summed E-state index contributed by atoms with van der Waals surface area (Å²) in [7, 11) is 0. The molecule has 0 aliphatic carbocycles. The molecule has 0 radical (unpaired) electrons. The number of benzene rings is 1. The second kappa shape index (κ2) is 8.60. The van der Waals surface area contributed by atoms with Crippen molar-refractivity contribution in [3.8, 4) is 0 Å². The fraction of sp³-hybridized carbons (Fsp3) is 0.533. The average molecular weight is 310 g/mol. The van der Waals surface area contributed by atoms with Crippen LogP contribution in [0.25, 0.3) is 0 Å². The number of thioether (sulfide) groups is 2. The van der Waals surface area contributed by atoms with E-state index >= 15 is 0 Å². The SMILES string of the molecule is CCCNCCNC(=O)c1ccc(C2SCCS2)cc1. The van der Waals surface area contributed by atoms with Gasteiger partial charge in [-0.2, -0.15) is 0 Å². The van der Waals surface area contributed by atoms with Gasteiger partial charge in [-0.25, -0.2) is 0 Å². The Hall–Kier alpha value is -0.650. The molecule has 110 valence electrons. The second-order valence-electron chi connectivity index (χ2n) is 4.70. The zero-order valence-electron chi connectivity index (χ0n) is 11.9. The number of carbonyl (C=O) groups excluding carboxylic acids is 1. The highest BCUT2D eigenvalue weighted by Crippen LogP contribution is 2.45. The van der Waals surface area contributed by atoms with E-state index < -0.39 is 0 Å². The zero-order valence-corrected chi connectivity index (χ0v) is 13.5. The number of hydrogen-bond donors (Lipinski definition) is 2. The molecule has 1 aliphatic rings. The van der Waals surface area contributed by atoms with Gasteiger partial charge >= 0.3 is 0 Å². The Bertz CT molecular complexity index is 416. The van der Waals surface area contributed by atoms with Crippen LogP contribution in [-0.4, -0.2) is 37.0 Å². The van der Waals surface area contributed by atoms with Crippen LogP contribution in [0.2, 0.25) is 0 Å². The van der Waals surface area contributed by atoms with Gasteiger partial charge in [-0.15, -0.1) is 23.5 Å². The van der Waals surface area contributed by atoms with Crippen molar-refractivity contribution in [2.45, 2.75) is 17.9 Å². The van der Waals surface area contributed by atoms with Crippen molar-refractivity contribution in [3.05, 3.63) is 35.4 Å². The number of nitrogens with one attached hydrogen (secondary N) is 2. The lowest BCUT2D eigenvalue weighted by Gasteiger charge is -2.10. The molecule has 0 saturated carbocycles. The summed E-state index contributed by atoms with van der Waals surface area (Å²) in [6, 6.07) is 8.04. The molecular weight excluding hydrogens is 288 g/mol. The highest BCUT2D eigenvalue weighted by molar-refractivity contribution is 8.19. The van der Waals surface area contributed by atoms with Gasteiger partial charge in [-0.1, -0.05) is 19.1 Å². The van der Waals surface area contributed by atoms with Crippen molar-refractivity contribution in [1.29, 1.82) is 0 Å². The fourth-order valence-corrected chi connectivity index (χ4v) is 4.87. The third-order valence-corrected chi connectivity index (χ3v) is 6.19. The molecule has 0 bridgehead atoms. The average Bonchev–Trinajstić information content (AvgIpc) is 3.01. The van der Waals surface area contributed by atoms with Gasteiger partial charge in [-0.05, 0) is 30.7 Å². The summed E-state index contributed by atoms with van der Waals surface area (Å²) in [6.07, 6.45) is 1.12. The van der Waals surface area contributed by atoms with Crippen molar-refractivity contribution in [2.24, 2.45) is 0 Å². The molecule has 1 aromatic rings. The molecule has 0 unspecified atom stereocenters. The van der Waals surface area contributed by atoms with Gasteiger partial charge in [0, 0.05) is 30.2 Å². The molecule has 20 heavy (non-hydrogen) atoms. The first-order valence-electron chi connectivity index (χ1n) is 7.13. The minimum Gasteiger partial charge on any atom is -0.351 e. The van der Waals surface area contributed by atoms with Crippen LogP contribution in [0.5, 0.6) is 0 Å². The Morgan fingerprint density at radius 2 is 1.85 bits per heavy atom. The standard InChI is InChI=1S/C15H22N2OS2/c1-2-7-16-8-9-17-14(18)12-3-5-13(6-4-12)15-19-10-11-20-15/h3-6,15-16H,2,7-11H2,1H3,(H,17,18). The summed E-state index contributed by atoms with van der Waals surface area (Å²) in [6.45, 7) is 4.64. The minimum absolute atomic E-state index is 0.0153. The van der Waals surface area contributed by atoms with Gasteiger partial charge in [0.1, 0.15) is 0 Å². The molecule has 1 heterocycles. The molecule has 3 nitrogen and oxygen atoms in total. The Balaban J connectivity index is 1.78. The topological polar surface area (TPSA) is 41.1 Å². The normalized spacial score (nSPS) is 15.4. The first kappa shape index (κ1) is 15.7. The van der Waals surface area contributed by atoms with Crippen LogP contribution in [0.4, 0.5) is 0 Å². The maximum atomic E-state index is 12.0. The summed E-state index contributed by atoms with van der Waals surface area (Å²) in [5, 5.41) is 6.20. The molecule has 0 atom stereocenters. The lowest BCUT2D eigenvalue weighted by Crippen LogP contribution is -2.32. The van der Waals surface area contributed by atoms with E-state index in [0.29, 0.717) is 11.1 Å². The number of amides is 1. The number of carbonyl (C=O) groups is 1. The Morgan fingerprint density at radius 1 is 1.15 bits per heavy atom. The van der Waals surface area contributed by atoms with E-state index in [4.69, 9.17) is 0 Å². The Morgan fingerprint density at radius 3 is 2.50 bits per heavy atom. The van der Waals surface area contributed by atoms with E-state index in [2.05, 4.69) is 29.7 Å². The van der Waals surface area contributed by atoms with Crippen molar-refractivity contribution >= 4 is 29.4 Å². The van der Waals surface area contributed by atoms with Crippen LogP contribution in [0, 0.1) is 0 Å². The molecule has 0 aromatic heterocycles. The molecule has 1 amide bonds. The van der Waals surface area contributed by atoms with Crippen LogP contribution >= 0.6 is 23.5 Å². The maximum absolute atomic E-state index is 12.0. The van der Waals surface area contributed by atoms with Crippen LogP contribution in [0.1, 0.15) is 33.8 Å². The van der Waals surface area contributed by atoms with Crippen LogP contribution in [0.15, 0.2) is 24.3 Å². The summed E-state index contributed by atoms with van der Waals surface area (Å²) >= 11 is 3.97. The second-order valence-corrected chi connectivity index (χ2v) is 7.43. The van der Waals surface area contributed by atoms with Crippen LogP contribution < -0.4 is 10.6 Å². The zero-order chi connectivity index (χ0) is 14.2. The van der Waals surface area contributed by atoms with Crippen molar-refractivity contribution < 1.29 is 4.79 Å². The number of rotatable bonds is 7. The van der Waals surface area contributed by atoms with E-state index in [9.17, 15) is 4.79 Å². The first-order valence-corrected chi connectivity index (χ1v) is 9.23. The summed E-state index contributed by atoms with van der Waals surface area (Å²) in [5.41, 5.74) is 2.07. The van der Waals surface area contributed by atoms with E-state index in [1.54, 1.807) is 0 Å². The van der Waals surface area contributed by atoms with Crippen LogP contribution in [-0.2, 0) is 0 Å². The van der Waals surface area contributed by atoms with Gasteiger partial charge in [0.2, 0.25) is 0 Å². The summed E-state index contributed by atoms with van der Waals surface area (Å²) in [4.78, 5) is 12.0. The molecule has 1 fully saturated rings. The predicted molar refractivity (Wildman–Crippen MR) is 89.6 cm³/mol. The van der Waals surface area contributed by atoms with Crippen molar-refractivity contribution in [1.82, 2.24) is 10.6 Å². The van der Waals surface area contributed by atoms with Gasteiger partial charge < -0.3 is 10.6 Å². The maximum Gasteiger partial charge on any atom is 0.251 e. The van der Waals surface area contributed by atoms with Gasteiger partial charge in [0.15, 0.2) is 0 Å². The van der Waals surface area contributed by atoms with E-state index in [1.807, 2.05) is 35.7 Å². The molecular formula is C15H22N2OS2. The fourth-order valence-electron chi connectivity index (χ4n) is 2.01. The monoisotopic (exact) mass is 310 g/mol. The third-order valence-electron chi connectivity index (χ3n) is 3.08. The predicted octanol–water partition coefficient (Wildman–Crippen LogP) is 2.89. The van der Waals surface area contributed by atoms with E-state index in [0.717, 1.165) is 25.1 Å². The Kier molecular flexibility index (Phi) is 6.76. The lowest BCUT2D eigenvalue weighted by molar-refractivity contribution is 0.0954. The van der Waals surface area contributed by atoms with Crippen molar-refractivity contribution in [3.63, 3.8) is 0 Å². The molecule has 2 rings (SSSR count). The highest BCUT2D eigenvalue weighted by Gasteiger charge is 2.18. The number of hydrogen-bond acceptors (Lipinski definition) is 4. The van der Waals surface area contributed by atoms with E-state index in [1.165, 1.54) is 17.1 Å². The van der Waals surface area contributed by atoms with Gasteiger partial charge in [0.05, 0.1) is 4.58 Å². The largest absolute Gasteiger partial charge is 0.351 e. The third kappa shape index (κ3) is 4.72. The molecule has 1 saturated heterocycles. The lowest BCUT2D eigenvalue weighted by atomic mass is 10.1. The highest BCUT2D eigenvalue weighted by atomic mass is 32.2. The van der Waals surface area contributed by atoms with E-state index in [-0.39, 0.29) is 5.91 Å². The summed E-state index contributed by atoms with van der Waals surface area (Å²) in [5.74, 6) is 2.46. The smallest absolute Gasteiger partial charge is 0.251 e. The quantitative estimate of drug-likeness (QED) is 0.760. The molecule has 5 heteroatoms. The molecule has 1 aliphatic heterocycles. The molecule has 1 aromatic carbocycles. The van der Waals surface area contributed by atoms with Crippen molar-refractivity contribution in [2.75, 3.05) is 31.1 Å². The van der Waals surface area contributed by atoms with Gasteiger partial charge in [-0.3, -0.25) is 4.79 Å². The molecule has 2 N–H and O–H groups in total. The summed E-state index contributed by atoms with van der Waals surface area (Å²) < 4.78 is 0.547. The Labute approximate surface area is 129 Å². The van der Waals surface area contributed by atoms with Gasteiger partial charge in [0.25, 0.3) is 5.91 Å².